The number of benzene rings is 2. The Morgan fingerprint density at radius 3 is 2.75 bits per heavy atom. The summed E-state index contributed by atoms with van der Waals surface area (Å²) in [4.78, 5) is 41.1. The Kier molecular flexibility index (Phi) is 6.01. The fraction of sp³-hybridized carbons (Fsp3) is 0.105. The minimum absolute atomic E-state index is 0.0758. The summed E-state index contributed by atoms with van der Waals surface area (Å²) in [6, 6.07) is 10.7. The number of carbonyl (C=O) groups is 2. The molecule has 2 aromatic carbocycles. The van der Waals surface area contributed by atoms with Gasteiger partial charge in [-0.05, 0) is 30.3 Å². The Labute approximate surface area is 192 Å². The number of amidine groups is 1. The summed E-state index contributed by atoms with van der Waals surface area (Å²) in [5, 5.41) is 31.3. The highest BCUT2D eigenvalue weighted by atomic mass is 79.9. The van der Waals surface area contributed by atoms with Crippen molar-refractivity contribution in [3.63, 3.8) is 0 Å². The number of azo groups is 1. The standard InChI is InChI=1S/C19H13BrN6O5S/c20-9-1-6-13-12(7-9)16(18(29)22-13)24-25-19-23-17(28)14(32-19)8-15(27)21-10-2-4-11(5-3-10)26(30)31/h1-7,14,22,29H,8H2,(H,21,27). The van der Waals surface area contributed by atoms with Crippen molar-refractivity contribution in [2.75, 3.05) is 5.32 Å². The average molecular weight is 517 g/mol. The zero-order valence-electron chi connectivity index (χ0n) is 16.0. The average Bonchev–Trinajstić information content (AvgIpc) is 3.24. The van der Waals surface area contributed by atoms with Gasteiger partial charge in [0.05, 0.1) is 10.4 Å². The van der Waals surface area contributed by atoms with E-state index < -0.39 is 22.0 Å². The van der Waals surface area contributed by atoms with Crippen LogP contribution in [0.25, 0.3) is 10.9 Å². The van der Waals surface area contributed by atoms with Gasteiger partial charge in [0.25, 0.3) is 11.6 Å². The van der Waals surface area contributed by atoms with E-state index in [9.17, 15) is 24.8 Å². The Morgan fingerprint density at radius 2 is 2.03 bits per heavy atom. The van der Waals surface area contributed by atoms with Gasteiger partial charge in [-0.15, -0.1) is 10.2 Å². The number of nitrogens with one attached hydrogen (secondary N) is 2. The predicted molar refractivity (Wildman–Crippen MR) is 122 cm³/mol. The van der Waals surface area contributed by atoms with Crippen LogP contribution < -0.4 is 5.32 Å². The van der Waals surface area contributed by atoms with Crippen molar-refractivity contribution in [2.24, 2.45) is 15.2 Å². The molecule has 4 rings (SSSR count). The molecule has 1 unspecified atom stereocenters. The molecule has 0 radical (unpaired) electrons. The van der Waals surface area contributed by atoms with Crippen LogP contribution in [0.15, 0.2) is 62.2 Å². The minimum atomic E-state index is -0.771. The van der Waals surface area contributed by atoms with Gasteiger partial charge in [0.15, 0.2) is 5.69 Å². The number of H-pyrrole nitrogens is 1. The molecule has 3 N–H and O–H groups in total. The number of non-ortho nitro benzene ring substituents is 1. The lowest BCUT2D eigenvalue weighted by Gasteiger charge is -2.07. The van der Waals surface area contributed by atoms with Crippen LogP contribution in [0.4, 0.5) is 17.1 Å². The molecule has 2 heterocycles. The number of thioether (sulfide) groups is 1. The summed E-state index contributed by atoms with van der Waals surface area (Å²) in [7, 11) is 0. The summed E-state index contributed by atoms with van der Waals surface area (Å²) in [5.74, 6) is -1.14. The van der Waals surface area contributed by atoms with Gasteiger partial charge >= 0.3 is 0 Å². The SMILES string of the molecule is O=C(CC1SC(N=Nc2c(O)[nH]c3ccc(Br)cc23)=NC1=O)Nc1ccc([N+](=O)[O-])cc1. The fourth-order valence-electron chi connectivity index (χ4n) is 2.92. The van der Waals surface area contributed by atoms with E-state index in [0.29, 0.717) is 16.6 Å². The summed E-state index contributed by atoms with van der Waals surface area (Å²) < 4.78 is 0.794. The van der Waals surface area contributed by atoms with E-state index in [4.69, 9.17) is 0 Å². The van der Waals surface area contributed by atoms with Gasteiger partial charge in [-0.3, -0.25) is 19.7 Å². The molecule has 162 valence electrons. The first kappa shape index (κ1) is 21.6. The first-order valence-electron chi connectivity index (χ1n) is 9.05. The maximum Gasteiger partial charge on any atom is 0.269 e. The van der Waals surface area contributed by atoms with E-state index in [1.54, 1.807) is 18.2 Å². The number of hydrogen-bond donors (Lipinski definition) is 3. The third-order valence-electron chi connectivity index (χ3n) is 4.41. The summed E-state index contributed by atoms with van der Waals surface area (Å²) in [5.41, 5.74) is 1.15. The maximum absolute atomic E-state index is 12.2. The molecular formula is C19H13BrN6O5S. The van der Waals surface area contributed by atoms with Crippen LogP contribution >= 0.6 is 27.7 Å². The molecule has 1 atom stereocenters. The predicted octanol–water partition coefficient (Wildman–Crippen LogP) is 4.65. The molecule has 1 aliphatic heterocycles. The number of carbonyl (C=O) groups excluding carboxylic acids is 2. The zero-order chi connectivity index (χ0) is 22.8. The number of aromatic amines is 1. The third-order valence-corrected chi connectivity index (χ3v) is 5.94. The molecule has 0 saturated carbocycles. The molecular weight excluding hydrogens is 504 g/mol. The van der Waals surface area contributed by atoms with Gasteiger partial charge in [-0.1, -0.05) is 27.7 Å². The minimum Gasteiger partial charge on any atom is -0.493 e. The molecule has 1 aromatic heterocycles. The van der Waals surface area contributed by atoms with Crippen molar-refractivity contribution in [3.05, 3.63) is 57.1 Å². The van der Waals surface area contributed by atoms with Gasteiger partial charge in [0.1, 0.15) is 5.25 Å². The molecule has 0 spiro atoms. The van der Waals surface area contributed by atoms with Crippen LogP contribution in [0.3, 0.4) is 0 Å². The van der Waals surface area contributed by atoms with Gasteiger partial charge in [-0.25, -0.2) is 0 Å². The molecule has 32 heavy (non-hydrogen) atoms. The van der Waals surface area contributed by atoms with Gasteiger partial charge < -0.3 is 15.4 Å². The maximum atomic E-state index is 12.2. The van der Waals surface area contributed by atoms with Gasteiger partial charge in [-0.2, -0.15) is 4.99 Å². The Morgan fingerprint density at radius 1 is 1.28 bits per heavy atom. The highest BCUT2D eigenvalue weighted by molar-refractivity contribution is 9.10. The van der Waals surface area contributed by atoms with Crippen LogP contribution in [0, 0.1) is 10.1 Å². The number of fused-ring (bicyclic) bond motifs is 1. The van der Waals surface area contributed by atoms with Crippen molar-refractivity contribution >= 4 is 72.6 Å². The molecule has 0 fully saturated rings. The molecule has 2 amide bonds. The smallest absolute Gasteiger partial charge is 0.269 e. The summed E-state index contributed by atoms with van der Waals surface area (Å²) in [6.45, 7) is 0. The largest absolute Gasteiger partial charge is 0.493 e. The molecule has 0 saturated heterocycles. The van der Waals surface area contributed by atoms with E-state index >= 15 is 0 Å². The van der Waals surface area contributed by atoms with E-state index in [1.165, 1.54) is 24.3 Å². The fourth-order valence-corrected chi connectivity index (χ4v) is 4.16. The van der Waals surface area contributed by atoms with Crippen molar-refractivity contribution in [1.29, 1.82) is 0 Å². The van der Waals surface area contributed by atoms with Crippen LogP contribution in [0.1, 0.15) is 6.42 Å². The van der Waals surface area contributed by atoms with E-state index in [0.717, 1.165) is 16.2 Å². The lowest BCUT2D eigenvalue weighted by atomic mass is 10.2. The van der Waals surface area contributed by atoms with Crippen molar-refractivity contribution in [3.8, 4) is 5.88 Å². The molecule has 13 heteroatoms. The monoisotopic (exact) mass is 516 g/mol. The number of aromatic hydroxyl groups is 1. The molecule has 11 nitrogen and oxygen atoms in total. The summed E-state index contributed by atoms with van der Waals surface area (Å²) >= 11 is 4.35. The van der Waals surface area contributed by atoms with Crippen molar-refractivity contribution in [2.45, 2.75) is 11.7 Å². The second kappa shape index (κ2) is 8.88. The quantitative estimate of drug-likeness (QED) is 0.253. The first-order valence-corrected chi connectivity index (χ1v) is 10.7. The van der Waals surface area contributed by atoms with Gasteiger partial charge in [0, 0.05) is 34.1 Å². The second-order valence-corrected chi connectivity index (χ2v) is 8.69. The number of rotatable bonds is 5. The second-order valence-electron chi connectivity index (χ2n) is 6.61. The molecule has 0 bridgehead atoms. The number of aliphatic imine (C=N–C) groups is 1. The zero-order valence-corrected chi connectivity index (χ0v) is 18.4. The van der Waals surface area contributed by atoms with Crippen LogP contribution in [-0.4, -0.2) is 37.2 Å². The number of hydrogen-bond acceptors (Lipinski definition) is 8. The number of nitro benzene ring substituents is 1. The highest BCUT2D eigenvalue weighted by Gasteiger charge is 2.31. The topological polar surface area (TPSA) is 162 Å². The normalized spacial score (nSPS) is 16.0. The summed E-state index contributed by atoms with van der Waals surface area (Å²) in [6.07, 6.45) is -0.158. The highest BCUT2D eigenvalue weighted by Crippen LogP contribution is 2.37. The lowest BCUT2D eigenvalue weighted by Crippen LogP contribution is -2.21. The Bertz CT molecular complexity index is 1300. The number of nitro groups is 1. The van der Waals surface area contributed by atoms with Crippen LogP contribution in [0.2, 0.25) is 0 Å². The Balaban J connectivity index is 1.39. The van der Waals surface area contributed by atoms with E-state index in [1.807, 2.05) is 0 Å². The molecule has 0 aliphatic carbocycles. The number of halogens is 1. The first-order chi connectivity index (χ1) is 15.3. The number of anilines is 1. The van der Waals surface area contributed by atoms with Crippen LogP contribution in [0.5, 0.6) is 5.88 Å². The van der Waals surface area contributed by atoms with Crippen LogP contribution in [-0.2, 0) is 9.59 Å². The van der Waals surface area contributed by atoms with Gasteiger partial charge in [0.2, 0.25) is 17.0 Å². The van der Waals surface area contributed by atoms with E-state index in [-0.39, 0.29) is 28.8 Å². The number of aromatic nitrogens is 1. The van der Waals surface area contributed by atoms with Crippen molar-refractivity contribution < 1.29 is 19.6 Å². The van der Waals surface area contributed by atoms with Crippen molar-refractivity contribution in [1.82, 2.24) is 4.98 Å². The Hall–Kier alpha value is -3.58. The van der Waals surface area contributed by atoms with E-state index in [2.05, 4.69) is 41.5 Å². The number of nitrogens with zero attached hydrogens (tertiary/aromatic N) is 4. The lowest BCUT2D eigenvalue weighted by molar-refractivity contribution is -0.384. The molecule has 1 aliphatic rings. The number of amides is 2. The molecule has 3 aromatic rings. The third kappa shape index (κ3) is 4.68.